The number of unbranched alkanes of at least 4 members (excludes halogenated alkanes) is 34. The maximum absolute atomic E-state index is 13.4. The number of carbonyl (C=O) groups excluding carboxylic acids is 2. The maximum atomic E-state index is 13.4. The van der Waals surface area contributed by atoms with Crippen LogP contribution in [0.5, 0.6) is 0 Å². The number of esters is 1. The molecular weight excluding hydrogens is 1030 g/mol. The Labute approximate surface area is 502 Å². The van der Waals surface area contributed by atoms with Gasteiger partial charge in [-0.2, -0.15) is 0 Å². The Kier molecular flexibility index (Phi) is 55.0. The van der Waals surface area contributed by atoms with Crippen LogP contribution in [0.25, 0.3) is 0 Å². The third kappa shape index (κ3) is 45.5. The minimum absolute atomic E-state index is 0.116. The summed E-state index contributed by atoms with van der Waals surface area (Å²) >= 11 is 0. The number of aliphatic hydroxyl groups excluding tert-OH is 5. The highest BCUT2D eigenvalue weighted by molar-refractivity contribution is 5.80. The first-order valence-electron chi connectivity index (χ1n) is 34.2. The molecule has 1 rings (SSSR count). The Morgan fingerprint density at radius 2 is 0.841 bits per heavy atom. The van der Waals surface area contributed by atoms with Gasteiger partial charge in [0, 0.05) is 6.42 Å². The number of allylic oxidation sites excluding steroid dienone is 11. The minimum Gasteiger partial charge on any atom is -0.454 e. The summed E-state index contributed by atoms with van der Waals surface area (Å²) in [5, 5.41) is 57.1. The fourth-order valence-electron chi connectivity index (χ4n) is 10.4. The Morgan fingerprint density at radius 1 is 0.476 bits per heavy atom. The summed E-state index contributed by atoms with van der Waals surface area (Å²) in [5.74, 6) is -1.21. The van der Waals surface area contributed by atoms with Gasteiger partial charge in [0.15, 0.2) is 12.4 Å². The molecule has 0 aromatic rings. The first-order chi connectivity index (χ1) is 40.2. The zero-order valence-corrected chi connectivity index (χ0v) is 52.9. The molecule has 1 saturated heterocycles. The number of amides is 1. The molecule has 0 spiro atoms. The van der Waals surface area contributed by atoms with E-state index in [0.717, 1.165) is 83.5 Å². The average Bonchev–Trinajstić information content (AvgIpc) is 3.57. The van der Waals surface area contributed by atoms with Crippen LogP contribution in [-0.4, -0.2) is 99.6 Å². The molecule has 0 saturated carbocycles. The molecule has 8 unspecified atom stereocenters. The number of hydrogen-bond donors (Lipinski definition) is 6. The van der Waals surface area contributed by atoms with Crippen molar-refractivity contribution in [2.24, 2.45) is 0 Å². The highest BCUT2D eigenvalue weighted by Gasteiger charge is 2.47. The number of rotatable bonds is 58. The van der Waals surface area contributed by atoms with Crippen LogP contribution in [0.2, 0.25) is 0 Å². The van der Waals surface area contributed by atoms with E-state index in [1.807, 2.05) is 6.08 Å². The molecule has 1 aliphatic heterocycles. The topological polar surface area (TPSA) is 175 Å². The maximum Gasteiger partial charge on any atom is 0.306 e. The van der Waals surface area contributed by atoms with Crippen molar-refractivity contribution in [2.45, 2.75) is 352 Å². The van der Waals surface area contributed by atoms with E-state index in [0.29, 0.717) is 12.8 Å². The molecule has 1 amide bonds. The van der Waals surface area contributed by atoms with Crippen molar-refractivity contribution in [1.82, 2.24) is 5.32 Å². The largest absolute Gasteiger partial charge is 0.454 e. The average molecular weight is 1150 g/mol. The summed E-state index contributed by atoms with van der Waals surface area (Å²) in [6.07, 6.45) is 65.1. The first-order valence-corrected chi connectivity index (χ1v) is 34.2. The van der Waals surface area contributed by atoms with Gasteiger partial charge < -0.3 is 45.1 Å². The lowest BCUT2D eigenvalue weighted by Crippen LogP contribution is -2.61. The molecule has 0 radical (unpaired) electrons. The molecule has 11 nitrogen and oxygen atoms in total. The zero-order valence-electron chi connectivity index (χ0n) is 52.9. The van der Waals surface area contributed by atoms with Crippen molar-refractivity contribution in [3.8, 4) is 0 Å². The lowest BCUT2D eigenvalue weighted by Gasteiger charge is -2.41. The predicted molar refractivity (Wildman–Crippen MR) is 343 cm³/mol. The summed E-state index contributed by atoms with van der Waals surface area (Å²) in [4.78, 5) is 26.6. The van der Waals surface area contributed by atoms with Crippen molar-refractivity contribution < 1.29 is 49.3 Å². The van der Waals surface area contributed by atoms with Crippen molar-refractivity contribution >= 4 is 11.9 Å². The highest BCUT2D eigenvalue weighted by Crippen LogP contribution is 2.26. The van der Waals surface area contributed by atoms with E-state index in [4.69, 9.17) is 14.2 Å². The summed E-state index contributed by atoms with van der Waals surface area (Å²) < 4.78 is 17.7. The van der Waals surface area contributed by atoms with E-state index >= 15 is 0 Å². The summed E-state index contributed by atoms with van der Waals surface area (Å²) in [5.41, 5.74) is 0. The summed E-state index contributed by atoms with van der Waals surface area (Å²) in [7, 11) is 0. The van der Waals surface area contributed by atoms with Gasteiger partial charge in [-0.1, -0.05) is 273 Å². The fourth-order valence-corrected chi connectivity index (χ4v) is 10.4. The van der Waals surface area contributed by atoms with Gasteiger partial charge in [-0.3, -0.25) is 9.59 Å². The van der Waals surface area contributed by atoms with Crippen LogP contribution in [0.4, 0.5) is 0 Å². The molecule has 0 aliphatic carbocycles. The Balaban J connectivity index is 2.57. The van der Waals surface area contributed by atoms with Crippen LogP contribution in [0.3, 0.4) is 0 Å². The number of nitrogens with one attached hydrogen (secondary N) is 1. The van der Waals surface area contributed by atoms with Gasteiger partial charge in [-0.05, 0) is 96.3 Å². The Morgan fingerprint density at radius 3 is 1.29 bits per heavy atom. The smallest absolute Gasteiger partial charge is 0.306 e. The third-order valence-electron chi connectivity index (χ3n) is 15.8. The molecule has 0 bridgehead atoms. The SMILES string of the molecule is CCCCC/C=C\C/C=C\C/C=C\C/C=C\CCCCCCCCCCCCCC(=O)OC1C(OCC(NC(=O)C(O)CCCC/C=C\CCCCCCCCC)C(O)/C=C/CCCCCCCCCCCCC)OC(CO)C(O)C1O. The van der Waals surface area contributed by atoms with Crippen molar-refractivity contribution in [3.05, 3.63) is 72.9 Å². The van der Waals surface area contributed by atoms with Crippen LogP contribution < -0.4 is 5.32 Å². The van der Waals surface area contributed by atoms with E-state index in [-0.39, 0.29) is 19.4 Å². The van der Waals surface area contributed by atoms with Gasteiger partial charge in [-0.15, -0.1) is 0 Å². The lowest BCUT2D eigenvalue weighted by molar-refractivity contribution is -0.305. The van der Waals surface area contributed by atoms with Crippen LogP contribution >= 0.6 is 0 Å². The molecule has 1 fully saturated rings. The molecule has 0 aromatic heterocycles. The highest BCUT2D eigenvalue weighted by atomic mass is 16.7. The quantitative estimate of drug-likeness (QED) is 0.0195. The van der Waals surface area contributed by atoms with Crippen molar-refractivity contribution in [1.29, 1.82) is 0 Å². The fraction of sp³-hybridized carbons (Fsp3) is 0.803. The molecule has 476 valence electrons. The van der Waals surface area contributed by atoms with Crippen molar-refractivity contribution in [2.75, 3.05) is 13.2 Å². The molecule has 1 heterocycles. The van der Waals surface area contributed by atoms with Crippen LogP contribution in [-0.2, 0) is 23.8 Å². The molecule has 1 aliphatic rings. The second-order valence-electron chi connectivity index (χ2n) is 23.6. The number of carbonyl (C=O) groups is 2. The van der Waals surface area contributed by atoms with Gasteiger partial charge in [0.25, 0.3) is 0 Å². The van der Waals surface area contributed by atoms with Gasteiger partial charge in [0.1, 0.15) is 24.4 Å². The molecule has 11 heteroatoms. The monoisotopic (exact) mass is 1150 g/mol. The second-order valence-corrected chi connectivity index (χ2v) is 23.6. The van der Waals surface area contributed by atoms with E-state index < -0.39 is 67.4 Å². The first kappa shape index (κ1) is 77.1. The van der Waals surface area contributed by atoms with Gasteiger partial charge in [-0.25, -0.2) is 0 Å². The van der Waals surface area contributed by atoms with E-state index in [2.05, 4.69) is 86.8 Å². The standard InChI is InChI=1S/C71H127NO10/c1-4-7-10-13-16-19-22-25-26-27-28-29-30-31-32-33-34-35-36-37-38-41-44-47-50-53-56-59-66(76)82-69-68(78)67(77)65(60-73)81-71(69)80-61-62(63(74)57-54-51-48-45-42-39-23-20-17-14-11-8-5-2)72-70(79)64(75)58-55-52-49-46-43-40-24-21-18-15-12-9-6-3/h16,19,25-26,28-29,31-32,43,46,54,57,62-65,67-69,71,73-75,77-78H,4-15,17-18,20-24,27,30,33-42,44-45,47-53,55-56,58-61H2,1-3H3,(H,72,79)/b19-16-,26-25-,29-28-,32-31-,46-43-,57-54+. The minimum atomic E-state index is -1.62. The van der Waals surface area contributed by atoms with Crippen LogP contribution in [0.1, 0.15) is 303 Å². The summed E-state index contributed by atoms with van der Waals surface area (Å²) in [6, 6.07) is -1.03. The Bertz CT molecular complexity index is 1610. The molecule has 0 aromatic carbocycles. The van der Waals surface area contributed by atoms with Crippen molar-refractivity contribution in [3.63, 3.8) is 0 Å². The van der Waals surface area contributed by atoms with E-state index in [9.17, 15) is 35.1 Å². The Hall–Kier alpha value is -2.90. The van der Waals surface area contributed by atoms with E-state index in [1.54, 1.807) is 6.08 Å². The normalized spacial score (nSPS) is 19.0. The number of ether oxygens (including phenoxy) is 3. The summed E-state index contributed by atoms with van der Waals surface area (Å²) in [6.45, 7) is 5.76. The molecular formula is C71H127NO10. The lowest BCUT2D eigenvalue weighted by atomic mass is 9.99. The van der Waals surface area contributed by atoms with E-state index in [1.165, 1.54) is 173 Å². The zero-order chi connectivity index (χ0) is 59.6. The van der Waals surface area contributed by atoms with Crippen LogP contribution in [0, 0.1) is 0 Å². The van der Waals surface area contributed by atoms with Gasteiger partial charge >= 0.3 is 5.97 Å². The van der Waals surface area contributed by atoms with Gasteiger partial charge in [0.05, 0.1) is 25.4 Å². The second kappa shape index (κ2) is 58.5. The molecule has 82 heavy (non-hydrogen) atoms. The predicted octanol–water partition coefficient (Wildman–Crippen LogP) is 17.1. The number of aliphatic hydroxyl groups is 5. The van der Waals surface area contributed by atoms with Gasteiger partial charge in [0.2, 0.25) is 5.91 Å². The number of hydrogen-bond acceptors (Lipinski definition) is 10. The molecule has 6 N–H and O–H groups in total. The third-order valence-corrected chi connectivity index (χ3v) is 15.8. The molecule has 8 atom stereocenters. The van der Waals surface area contributed by atoms with Crippen LogP contribution in [0.15, 0.2) is 72.9 Å².